The average molecular weight is 539 g/mol. The highest BCUT2D eigenvalue weighted by molar-refractivity contribution is 6.33. The molecule has 0 unspecified atom stereocenters. The summed E-state index contributed by atoms with van der Waals surface area (Å²) in [7, 11) is 1.60. The summed E-state index contributed by atoms with van der Waals surface area (Å²) < 4.78 is 46.6. The molecule has 6 rings (SSSR count). The molecule has 0 radical (unpaired) electrons. The first-order valence-corrected chi connectivity index (χ1v) is 11.4. The summed E-state index contributed by atoms with van der Waals surface area (Å²) in [6.45, 7) is 0. The lowest BCUT2D eigenvalue weighted by atomic mass is 10.0. The van der Waals surface area contributed by atoms with Gasteiger partial charge in [0.15, 0.2) is 17.3 Å². The van der Waals surface area contributed by atoms with Gasteiger partial charge in [-0.05, 0) is 24.3 Å². The Hall–Kier alpha value is -4.78. The molecule has 0 atom stereocenters. The van der Waals surface area contributed by atoms with Crippen LogP contribution in [0, 0.1) is 0 Å². The van der Waals surface area contributed by atoms with E-state index < -0.39 is 28.8 Å². The molecule has 190 valence electrons. The molecule has 0 aliphatic carbocycles. The normalized spacial score (nSPS) is 12.0. The monoisotopic (exact) mass is 538 g/mol. The van der Waals surface area contributed by atoms with Gasteiger partial charge in [0, 0.05) is 36.5 Å². The van der Waals surface area contributed by atoms with E-state index in [2.05, 4.69) is 20.3 Å². The first-order valence-electron chi connectivity index (χ1n) is 11.0. The van der Waals surface area contributed by atoms with E-state index in [-0.39, 0.29) is 33.0 Å². The smallest absolute Gasteiger partial charge is 0.335 e. The fourth-order valence-corrected chi connectivity index (χ4v) is 4.60. The van der Waals surface area contributed by atoms with Crippen LogP contribution in [0.25, 0.3) is 28.1 Å². The van der Waals surface area contributed by atoms with Crippen molar-refractivity contribution in [3.05, 3.63) is 99.6 Å². The van der Waals surface area contributed by atoms with Crippen LogP contribution in [-0.2, 0) is 13.2 Å². The zero-order valence-electron chi connectivity index (χ0n) is 19.3. The number of hydrogen-bond donors (Lipinski definition) is 0. The SMILES string of the molecule is Cn1cc(C(=O)c2cnn(-c3cccn4c(=O)cccc34)c2C(F)(F)F)c2cc(Cl)c(-n3nccn3)nc21. The molecule has 0 amide bonds. The number of fused-ring (bicyclic) bond motifs is 2. The number of nitrogens with zero attached hydrogens (tertiary/aromatic N) is 8. The highest BCUT2D eigenvalue weighted by atomic mass is 35.5. The molecule has 6 aromatic heterocycles. The molecule has 10 nitrogen and oxygen atoms in total. The van der Waals surface area contributed by atoms with Crippen molar-refractivity contribution in [2.75, 3.05) is 0 Å². The summed E-state index contributed by atoms with van der Waals surface area (Å²) in [6.07, 6.45) is 1.60. The molecule has 0 saturated heterocycles. The summed E-state index contributed by atoms with van der Waals surface area (Å²) in [5.41, 5.74) is -1.95. The fourth-order valence-electron chi connectivity index (χ4n) is 4.37. The molecule has 38 heavy (non-hydrogen) atoms. The first kappa shape index (κ1) is 23.6. The van der Waals surface area contributed by atoms with Crippen LogP contribution in [0.15, 0.2) is 72.2 Å². The van der Waals surface area contributed by atoms with Gasteiger partial charge in [-0.25, -0.2) is 9.67 Å². The minimum absolute atomic E-state index is 0.0180. The number of rotatable bonds is 4. The molecular weight excluding hydrogens is 525 g/mol. The lowest BCUT2D eigenvalue weighted by Crippen LogP contribution is -2.19. The van der Waals surface area contributed by atoms with Gasteiger partial charge in [0.05, 0.1) is 40.4 Å². The molecule has 6 heterocycles. The molecule has 0 spiro atoms. The molecule has 0 bridgehead atoms. The van der Waals surface area contributed by atoms with Gasteiger partial charge in [-0.1, -0.05) is 17.7 Å². The van der Waals surface area contributed by atoms with Crippen molar-refractivity contribution in [1.82, 2.24) is 38.7 Å². The third-order valence-electron chi connectivity index (χ3n) is 5.99. The number of aromatic nitrogens is 8. The molecule has 0 aliphatic rings. The first-order chi connectivity index (χ1) is 18.1. The maximum Gasteiger partial charge on any atom is 0.434 e. The Morgan fingerprint density at radius 3 is 2.53 bits per heavy atom. The number of alkyl halides is 3. The highest BCUT2D eigenvalue weighted by Gasteiger charge is 2.41. The van der Waals surface area contributed by atoms with Crippen molar-refractivity contribution in [2.24, 2.45) is 7.05 Å². The number of pyridine rings is 3. The van der Waals surface area contributed by atoms with Crippen molar-refractivity contribution in [2.45, 2.75) is 6.18 Å². The van der Waals surface area contributed by atoms with Gasteiger partial charge < -0.3 is 4.57 Å². The van der Waals surface area contributed by atoms with Crippen LogP contribution < -0.4 is 5.56 Å². The Labute approximate surface area is 215 Å². The fraction of sp³-hybridized carbons (Fsp3) is 0.0833. The predicted molar refractivity (Wildman–Crippen MR) is 130 cm³/mol. The second-order valence-electron chi connectivity index (χ2n) is 8.30. The Kier molecular flexibility index (Phi) is 5.21. The van der Waals surface area contributed by atoms with Gasteiger partial charge in [-0.2, -0.15) is 28.5 Å². The summed E-state index contributed by atoms with van der Waals surface area (Å²) in [5, 5.41) is 12.3. The maximum atomic E-state index is 14.4. The molecule has 0 saturated carbocycles. The van der Waals surface area contributed by atoms with E-state index in [1.54, 1.807) is 7.05 Å². The molecule has 14 heteroatoms. The van der Waals surface area contributed by atoms with Crippen LogP contribution in [-0.4, -0.2) is 44.5 Å². The number of ketones is 1. The summed E-state index contributed by atoms with van der Waals surface area (Å²) in [5.74, 6) is -0.728. The van der Waals surface area contributed by atoms with Gasteiger partial charge in [0.2, 0.25) is 0 Å². The largest absolute Gasteiger partial charge is 0.434 e. The van der Waals surface area contributed by atoms with Gasteiger partial charge in [-0.15, -0.1) is 4.80 Å². The van der Waals surface area contributed by atoms with E-state index in [9.17, 15) is 22.8 Å². The van der Waals surface area contributed by atoms with Gasteiger partial charge in [0.1, 0.15) is 5.65 Å². The third-order valence-corrected chi connectivity index (χ3v) is 6.27. The average Bonchev–Trinajstić information content (AvgIpc) is 3.62. The van der Waals surface area contributed by atoms with E-state index >= 15 is 0 Å². The van der Waals surface area contributed by atoms with Crippen molar-refractivity contribution in [3.8, 4) is 11.5 Å². The van der Waals surface area contributed by atoms with E-state index in [0.717, 1.165) is 6.20 Å². The summed E-state index contributed by atoms with van der Waals surface area (Å²) in [4.78, 5) is 31.4. The standard InChI is InChI=1S/C24H14ClF3N8O2/c1-33-12-15(13-10-16(25)23(32-22(13)33)36-29-7-8-30-36)20(38)14-11-31-35(21(14)24(26,27)28)18-5-3-9-34-17(18)4-2-6-19(34)37/h2-12H,1H3. The zero-order valence-corrected chi connectivity index (χ0v) is 20.0. The Morgan fingerprint density at radius 1 is 1.03 bits per heavy atom. The molecule has 0 aliphatic heterocycles. The quantitative estimate of drug-likeness (QED) is 0.316. The number of halogens is 4. The molecule has 6 aromatic rings. The van der Waals surface area contributed by atoms with Gasteiger partial charge in [-0.3, -0.25) is 14.0 Å². The summed E-state index contributed by atoms with van der Waals surface area (Å²) >= 11 is 6.37. The maximum absolute atomic E-state index is 14.4. The zero-order chi connectivity index (χ0) is 26.8. The van der Waals surface area contributed by atoms with E-state index in [1.165, 1.54) is 74.9 Å². The lowest BCUT2D eigenvalue weighted by Gasteiger charge is -2.14. The molecule has 0 fully saturated rings. The second kappa shape index (κ2) is 8.38. The van der Waals surface area contributed by atoms with Crippen LogP contribution in [0.2, 0.25) is 5.02 Å². The van der Waals surface area contributed by atoms with Crippen molar-refractivity contribution < 1.29 is 18.0 Å². The molecule has 0 N–H and O–H groups in total. The number of carbonyl (C=O) groups is 1. The topological polar surface area (TPSA) is 105 Å². The molecular formula is C24H14ClF3N8O2. The number of aryl methyl sites for hydroxylation is 1. The van der Waals surface area contributed by atoms with Crippen LogP contribution in [0.1, 0.15) is 21.6 Å². The van der Waals surface area contributed by atoms with E-state index in [4.69, 9.17) is 11.6 Å². The van der Waals surface area contributed by atoms with Crippen LogP contribution >= 0.6 is 11.6 Å². The molecule has 0 aromatic carbocycles. The number of hydrogen-bond acceptors (Lipinski definition) is 6. The summed E-state index contributed by atoms with van der Waals surface area (Å²) in [6, 6.07) is 8.46. The van der Waals surface area contributed by atoms with Crippen molar-refractivity contribution >= 4 is 33.9 Å². The Bertz CT molecular complexity index is 1940. The van der Waals surface area contributed by atoms with Crippen LogP contribution in [0.4, 0.5) is 13.2 Å². The lowest BCUT2D eigenvalue weighted by molar-refractivity contribution is -0.143. The van der Waals surface area contributed by atoms with Gasteiger partial charge in [0.25, 0.3) is 5.56 Å². The minimum Gasteiger partial charge on any atom is -0.335 e. The van der Waals surface area contributed by atoms with Crippen molar-refractivity contribution in [3.63, 3.8) is 0 Å². The third kappa shape index (κ3) is 3.58. The highest BCUT2D eigenvalue weighted by Crippen LogP contribution is 2.36. The van der Waals surface area contributed by atoms with Crippen LogP contribution in [0.5, 0.6) is 0 Å². The second-order valence-corrected chi connectivity index (χ2v) is 8.70. The Balaban J connectivity index is 1.54. The Morgan fingerprint density at radius 2 is 1.79 bits per heavy atom. The van der Waals surface area contributed by atoms with Crippen LogP contribution in [0.3, 0.4) is 0 Å². The van der Waals surface area contributed by atoms with E-state index in [0.29, 0.717) is 10.3 Å². The minimum atomic E-state index is -4.96. The number of carbonyl (C=O) groups excluding carboxylic acids is 1. The van der Waals surface area contributed by atoms with E-state index in [1.807, 2.05) is 0 Å². The van der Waals surface area contributed by atoms with Crippen molar-refractivity contribution in [1.29, 1.82) is 0 Å². The predicted octanol–water partition coefficient (Wildman–Crippen LogP) is 3.86. The van der Waals surface area contributed by atoms with Gasteiger partial charge >= 0.3 is 6.18 Å².